The van der Waals surface area contributed by atoms with Gasteiger partial charge in [-0.2, -0.15) is 0 Å². The topological polar surface area (TPSA) is 77.8 Å². The molecule has 2 heterocycles. The minimum atomic E-state index is 0.386. The second-order valence-electron chi connectivity index (χ2n) is 2.70. The number of aryl methyl sites for hydroxylation is 1. The van der Waals surface area contributed by atoms with Crippen LogP contribution in [0.4, 0.5) is 5.82 Å². The van der Waals surface area contributed by atoms with E-state index in [4.69, 9.17) is 10.3 Å². The summed E-state index contributed by atoms with van der Waals surface area (Å²) in [5, 5.41) is 3.66. The quantitative estimate of drug-likeness (QED) is 0.810. The van der Waals surface area contributed by atoms with Crippen molar-refractivity contribution >= 4 is 28.4 Å². The number of nitrogens with two attached hydrogens (primary N) is 1. The number of hydrogen-bond acceptors (Lipinski definition) is 5. The highest BCUT2D eigenvalue weighted by molar-refractivity contribution is 14.1. The number of hydrogen-bond donors (Lipinski definition) is 1. The van der Waals surface area contributed by atoms with Crippen molar-refractivity contribution in [2.24, 2.45) is 0 Å². The van der Waals surface area contributed by atoms with Crippen LogP contribution in [0.1, 0.15) is 5.82 Å². The van der Waals surface area contributed by atoms with E-state index in [0.29, 0.717) is 23.1 Å². The Bertz CT molecular complexity index is 468. The lowest BCUT2D eigenvalue weighted by molar-refractivity contribution is 0.434. The minimum Gasteiger partial charge on any atom is -0.380 e. The van der Waals surface area contributed by atoms with Gasteiger partial charge in [0.15, 0.2) is 5.82 Å². The Hall–Kier alpha value is -1.18. The Morgan fingerprint density at radius 3 is 2.86 bits per heavy atom. The van der Waals surface area contributed by atoms with Crippen LogP contribution >= 0.6 is 22.6 Å². The molecule has 5 nitrogen and oxygen atoms in total. The molecular weight excluding hydrogens is 295 g/mol. The van der Waals surface area contributed by atoms with E-state index in [1.54, 1.807) is 12.3 Å². The molecule has 2 N–H and O–H groups in total. The summed E-state index contributed by atoms with van der Waals surface area (Å²) in [6, 6.07) is 1.76. The maximum atomic E-state index is 5.56. The normalized spacial score (nSPS) is 10.4. The third-order valence-corrected chi connectivity index (χ3v) is 2.71. The number of aromatic nitrogens is 3. The lowest BCUT2D eigenvalue weighted by atomic mass is 10.3. The van der Waals surface area contributed by atoms with Crippen LogP contribution in [-0.2, 0) is 0 Å². The van der Waals surface area contributed by atoms with Crippen molar-refractivity contribution in [3.63, 3.8) is 0 Å². The van der Waals surface area contributed by atoms with E-state index >= 15 is 0 Å². The molecule has 2 rings (SSSR count). The summed E-state index contributed by atoms with van der Waals surface area (Å²) >= 11 is 2.07. The van der Waals surface area contributed by atoms with Crippen LogP contribution in [0.3, 0.4) is 0 Å². The Morgan fingerprint density at radius 2 is 2.29 bits per heavy atom. The number of halogens is 1. The van der Waals surface area contributed by atoms with Crippen molar-refractivity contribution in [1.29, 1.82) is 0 Å². The predicted molar refractivity (Wildman–Crippen MR) is 59.4 cm³/mol. The first-order valence-electron chi connectivity index (χ1n) is 3.89. The molecule has 0 bridgehead atoms. The Balaban J connectivity index is 2.55. The lowest BCUT2D eigenvalue weighted by Crippen LogP contribution is -1.90. The van der Waals surface area contributed by atoms with Gasteiger partial charge in [0.1, 0.15) is 15.1 Å². The molecule has 6 heteroatoms. The van der Waals surface area contributed by atoms with Gasteiger partial charge in [-0.05, 0) is 35.6 Å². The summed E-state index contributed by atoms with van der Waals surface area (Å²) in [6.45, 7) is 1.82. The summed E-state index contributed by atoms with van der Waals surface area (Å²) in [4.78, 5) is 8.21. The van der Waals surface area contributed by atoms with Gasteiger partial charge < -0.3 is 10.3 Å². The van der Waals surface area contributed by atoms with Crippen LogP contribution in [0.25, 0.3) is 11.5 Å². The molecule has 0 aromatic carbocycles. The van der Waals surface area contributed by atoms with Gasteiger partial charge in [0.2, 0.25) is 5.76 Å². The average Bonchev–Trinajstić information content (AvgIpc) is 2.48. The second-order valence-corrected chi connectivity index (χ2v) is 3.78. The van der Waals surface area contributed by atoms with Crippen molar-refractivity contribution in [2.45, 2.75) is 6.92 Å². The van der Waals surface area contributed by atoms with E-state index in [1.165, 1.54) is 0 Å². The van der Waals surface area contributed by atoms with Gasteiger partial charge in [-0.25, -0.2) is 9.97 Å². The number of rotatable bonds is 1. The zero-order chi connectivity index (χ0) is 10.1. The zero-order valence-electron chi connectivity index (χ0n) is 7.36. The average molecular weight is 302 g/mol. The fraction of sp³-hybridized carbons (Fsp3) is 0.125. The highest BCUT2D eigenvalue weighted by atomic mass is 127. The van der Waals surface area contributed by atoms with E-state index in [2.05, 4.69) is 37.7 Å². The van der Waals surface area contributed by atoms with Gasteiger partial charge in [0.05, 0.1) is 0 Å². The van der Waals surface area contributed by atoms with Crippen LogP contribution in [0.15, 0.2) is 16.8 Å². The standard InChI is InChI=1S/C8H7IN4O/c1-4-11-3-2-5(12-4)7-6(9)8(10)13-14-7/h2-3H,1H3,(H2,10,13). The summed E-state index contributed by atoms with van der Waals surface area (Å²) in [5.41, 5.74) is 6.26. The molecule has 0 unspecified atom stereocenters. The molecule has 72 valence electrons. The summed E-state index contributed by atoms with van der Waals surface area (Å²) in [7, 11) is 0. The Kier molecular flexibility index (Phi) is 2.36. The van der Waals surface area contributed by atoms with Crippen LogP contribution in [0.2, 0.25) is 0 Å². The molecule has 0 saturated heterocycles. The van der Waals surface area contributed by atoms with Gasteiger partial charge in [0, 0.05) is 6.20 Å². The molecule has 0 radical (unpaired) electrons. The van der Waals surface area contributed by atoms with Crippen LogP contribution in [0, 0.1) is 10.5 Å². The first-order chi connectivity index (χ1) is 6.68. The Labute approximate surface area is 93.9 Å². The molecule has 0 spiro atoms. The fourth-order valence-electron chi connectivity index (χ4n) is 1.03. The lowest BCUT2D eigenvalue weighted by Gasteiger charge is -1.96. The molecule has 0 amide bonds. The molecule has 0 aliphatic heterocycles. The first-order valence-corrected chi connectivity index (χ1v) is 4.97. The second kappa shape index (κ2) is 3.52. The third kappa shape index (κ3) is 1.57. The molecule has 0 saturated carbocycles. The molecule has 0 fully saturated rings. The summed E-state index contributed by atoms with van der Waals surface area (Å²) < 4.78 is 5.84. The van der Waals surface area contributed by atoms with Gasteiger partial charge >= 0.3 is 0 Å². The zero-order valence-corrected chi connectivity index (χ0v) is 9.52. The van der Waals surface area contributed by atoms with Gasteiger partial charge in [-0.15, -0.1) is 0 Å². The van der Waals surface area contributed by atoms with Gasteiger partial charge in [-0.3, -0.25) is 0 Å². The molecule has 0 aliphatic rings. The van der Waals surface area contributed by atoms with E-state index < -0.39 is 0 Å². The van der Waals surface area contributed by atoms with Gasteiger partial charge in [0.25, 0.3) is 0 Å². The van der Waals surface area contributed by atoms with E-state index in [9.17, 15) is 0 Å². The molecule has 2 aromatic rings. The summed E-state index contributed by atoms with van der Waals surface area (Å²) in [6.07, 6.45) is 1.67. The molecule has 0 atom stereocenters. The van der Waals surface area contributed by atoms with E-state index in [-0.39, 0.29) is 0 Å². The third-order valence-electron chi connectivity index (χ3n) is 1.67. The number of nitrogen functional groups attached to an aromatic ring is 1. The predicted octanol–water partition coefficient (Wildman–Crippen LogP) is 1.63. The van der Waals surface area contributed by atoms with E-state index in [0.717, 1.165) is 3.57 Å². The molecule has 2 aromatic heterocycles. The molecule has 0 aliphatic carbocycles. The molecular formula is C8H7IN4O. The summed E-state index contributed by atoms with van der Waals surface area (Å²) in [5.74, 6) is 1.67. The maximum absolute atomic E-state index is 5.56. The monoisotopic (exact) mass is 302 g/mol. The van der Waals surface area contributed by atoms with Crippen molar-refractivity contribution in [3.8, 4) is 11.5 Å². The van der Waals surface area contributed by atoms with Crippen molar-refractivity contribution < 1.29 is 4.52 Å². The fourth-order valence-corrected chi connectivity index (χ4v) is 1.51. The van der Waals surface area contributed by atoms with Crippen molar-refractivity contribution in [1.82, 2.24) is 15.1 Å². The smallest absolute Gasteiger partial charge is 0.200 e. The molecule has 14 heavy (non-hydrogen) atoms. The van der Waals surface area contributed by atoms with Crippen LogP contribution in [0.5, 0.6) is 0 Å². The van der Waals surface area contributed by atoms with Crippen LogP contribution in [-0.4, -0.2) is 15.1 Å². The van der Waals surface area contributed by atoms with Crippen molar-refractivity contribution in [2.75, 3.05) is 5.73 Å². The maximum Gasteiger partial charge on any atom is 0.200 e. The number of nitrogens with zero attached hydrogens (tertiary/aromatic N) is 3. The highest BCUT2D eigenvalue weighted by Gasteiger charge is 2.14. The first kappa shape index (κ1) is 9.38. The Morgan fingerprint density at radius 1 is 1.50 bits per heavy atom. The van der Waals surface area contributed by atoms with Crippen molar-refractivity contribution in [3.05, 3.63) is 21.7 Å². The SMILES string of the molecule is Cc1nccc(-c2onc(N)c2I)n1. The van der Waals surface area contributed by atoms with Crippen LogP contribution < -0.4 is 5.73 Å². The number of anilines is 1. The highest BCUT2D eigenvalue weighted by Crippen LogP contribution is 2.27. The van der Waals surface area contributed by atoms with E-state index in [1.807, 2.05) is 6.92 Å². The largest absolute Gasteiger partial charge is 0.380 e. The minimum absolute atomic E-state index is 0.386. The van der Waals surface area contributed by atoms with Gasteiger partial charge in [-0.1, -0.05) is 5.16 Å².